The van der Waals surface area contributed by atoms with Crippen molar-refractivity contribution in [2.75, 3.05) is 19.6 Å². The molecule has 3 heterocycles. The van der Waals surface area contributed by atoms with Crippen LogP contribution in [0.4, 0.5) is 22.7 Å². The van der Waals surface area contributed by atoms with Gasteiger partial charge in [-0.3, -0.25) is 0 Å². The Labute approximate surface area is 271 Å². The number of fused-ring (bicyclic) bond motifs is 2. The Kier molecular flexibility index (Phi) is 14.4. The molecule has 9 heteroatoms. The average Bonchev–Trinajstić information content (AvgIpc) is 3.52. The fourth-order valence-corrected chi connectivity index (χ4v) is 4.68. The van der Waals surface area contributed by atoms with Crippen LogP contribution >= 0.6 is 0 Å². The molecule has 3 aromatic rings. The second-order valence-corrected chi connectivity index (χ2v) is 11.3. The summed E-state index contributed by atoms with van der Waals surface area (Å²) in [6, 6.07) is 19.2. The van der Waals surface area contributed by atoms with E-state index in [4.69, 9.17) is 0 Å². The molecule has 0 fully saturated rings. The van der Waals surface area contributed by atoms with E-state index in [9.17, 15) is 0 Å². The van der Waals surface area contributed by atoms with Crippen molar-refractivity contribution in [3.63, 3.8) is 0 Å². The van der Waals surface area contributed by atoms with Gasteiger partial charge in [-0.25, -0.2) is 12.7 Å². The van der Waals surface area contributed by atoms with Crippen molar-refractivity contribution >= 4 is 22.7 Å². The van der Waals surface area contributed by atoms with Crippen LogP contribution in [0.1, 0.15) is 55.4 Å². The predicted octanol–water partition coefficient (Wildman–Crippen LogP) is 6.76. The third-order valence-electron chi connectivity index (χ3n) is 6.80. The first-order valence-corrected chi connectivity index (χ1v) is 13.8. The number of para-hydroxylation sites is 4. The zero-order valence-corrected chi connectivity index (χ0v) is 29.1. The molecule has 0 spiro atoms. The molecule has 2 aliphatic heterocycles. The third-order valence-corrected chi connectivity index (χ3v) is 6.80. The molecule has 0 saturated carbocycles. The minimum absolute atomic E-state index is 0. The van der Waals surface area contributed by atoms with Gasteiger partial charge in [0.25, 0.3) is 0 Å². The van der Waals surface area contributed by atoms with Crippen molar-refractivity contribution in [3.05, 3.63) is 74.5 Å². The molecule has 0 aliphatic carbocycles. The number of aryl methyl sites for hydroxylation is 3. The molecule has 0 N–H and O–H groups in total. The Morgan fingerprint density at radius 3 is 0.825 bits per heavy atom. The van der Waals surface area contributed by atoms with Gasteiger partial charge in [0.1, 0.15) is 0 Å². The van der Waals surface area contributed by atoms with Crippen LogP contribution in [0.3, 0.4) is 0 Å². The monoisotopic (exact) mass is 731 g/mol. The van der Waals surface area contributed by atoms with Crippen molar-refractivity contribution in [1.29, 1.82) is 0 Å². The molecule has 0 atom stereocenters. The topological polar surface area (TPSA) is 27.8 Å². The molecule has 2 aromatic carbocycles. The van der Waals surface area contributed by atoms with E-state index in [0.717, 1.165) is 0 Å². The fourth-order valence-electron chi connectivity index (χ4n) is 4.68. The van der Waals surface area contributed by atoms with Gasteiger partial charge < -0.3 is 33.5 Å². The first kappa shape index (κ1) is 36.1. The molecule has 0 amide bonds. The second-order valence-electron chi connectivity index (χ2n) is 11.3. The molecule has 0 saturated heterocycles. The van der Waals surface area contributed by atoms with Crippen LogP contribution < -0.4 is 19.6 Å². The summed E-state index contributed by atoms with van der Waals surface area (Å²) < 4.78 is 6.00. The summed E-state index contributed by atoms with van der Waals surface area (Å²) in [5, 5.41) is 0. The summed E-state index contributed by atoms with van der Waals surface area (Å²) in [6.07, 6.45) is 4.00. The van der Waals surface area contributed by atoms with Crippen LogP contribution in [-0.4, -0.2) is 38.1 Å². The Morgan fingerprint density at radius 2 is 0.675 bits per heavy atom. The molecule has 40 heavy (non-hydrogen) atoms. The van der Waals surface area contributed by atoms with Gasteiger partial charge in [0.2, 0.25) is 0 Å². The first-order chi connectivity index (χ1) is 17.9. The minimum atomic E-state index is 0. The van der Waals surface area contributed by atoms with E-state index in [-0.39, 0.29) is 40.8 Å². The smallest absolute Gasteiger partial charge is 0.635 e. The van der Waals surface area contributed by atoms with Crippen LogP contribution in [0.25, 0.3) is 0 Å². The van der Waals surface area contributed by atoms with E-state index < -0.39 is 0 Å². The molecular formula is C31H49N7Pd2. The molecule has 0 unspecified atom stereocenters. The summed E-state index contributed by atoms with van der Waals surface area (Å²) in [6.45, 7) is 22.2. The van der Waals surface area contributed by atoms with Gasteiger partial charge in [-0.15, -0.1) is 0 Å². The van der Waals surface area contributed by atoms with Crippen LogP contribution in [0.2, 0.25) is 0 Å². The largest absolute Gasteiger partial charge is 2.00 e. The van der Waals surface area contributed by atoms with E-state index in [1.165, 1.54) is 22.7 Å². The second kappa shape index (κ2) is 15.9. The number of anilines is 4. The third kappa shape index (κ3) is 8.56. The molecular weight excluding hydrogens is 683 g/mol. The van der Waals surface area contributed by atoms with Gasteiger partial charge >= 0.3 is 40.8 Å². The number of aromatic nitrogens is 3. The number of hydrogen-bond acceptors (Lipinski definition) is 4. The number of hydrogen-bond donors (Lipinski definition) is 0. The maximum atomic E-state index is 2.33. The first-order valence-electron chi connectivity index (χ1n) is 13.8. The van der Waals surface area contributed by atoms with Gasteiger partial charge in [0.15, 0.2) is 0 Å². The van der Waals surface area contributed by atoms with Crippen molar-refractivity contribution < 1.29 is 40.8 Å². The van der Waals surface area contributed by atoms with E-state index in [0.29, 0.717) is 24.2 Å². The van der Waals surface area contributed by atoms with Gasteiger partial charge in [-0.05, 0) is 125 Å². The molecule has 7 nitrogen and oxygen atoms in total. The molecule has 1 aromatic heterocycles. The quantitative estimate of drug-likeness (QED) is 0.219. The van der Waals surface area contributed by atoms with Gasteiger partial charge in [0.05, 0.1) is 0 Å². The normalized spacial score (nSPS) is 13.5. The maximum Gasteiger partial charge on any atom is 2.00 e. The zero-order chi connectivity index (χ0) is 28.1. The number of benzene rings is 2. The number of nitrogens with zero attached hydrogens (tertiary/aromatic N) is 7. The SMILES string of the molecule is CC(C)N1[CH-]N(C(C)C)c2ccccc21.CC(C)N1[CH-]N(C(C)C)c2ccccc21.Cn1[cH-]n(C)n(C)[cH-]1.[Pd+2].[Pd+2]. The van der Waals surface area contributed by atoms with E-state index in [1.54, 1.807) is 0 Å². The number of rotatable bonds is 4. The van der Waals surface area contributed by atoms with E-state index >= 15 is 0 Å². The summed E-state index contributed by atoms with van der Waals surface area (Å²) in [5.74, 6) is 0. The minimum Gasteiger partial charge on any atom is -0.635 e. The average molecular weight is 733 g/mol. The van der Waals surface area contributed by atoms with E-state index in [2.05, 4.69) is 137 Å². The molecule has 0 bridgehead atoms. The van der Waals surface area contributed by atoms with Crippen molar-refractivity contribution in [2.24, 2.45) is 21.1 Å². The summed E-state index contributed by atoms with van der Waals surface area (Å²) in [7, 11) is 6.00. The van der Waals surface area contributed by atoms with E-state index in [1.807, 2.05) is 47.7 Å². The van der Waals surface area contributed by atoms with Gasteiger partial charge in [-0.1, -0.05) is 24.3 Å². The van der Waals surface area contributed by atoms with Crippen LogP contribution in [0, 0.1) is 13.3 Å². The van der Waals surface area contributed by atoms with Crippen LogP contribution in [0.15, 0.2) is 61.2 Å². The maximum absolute atomic E-state index is 2.33. The fraction of sp³-hybridized carbons (Fsp3) is 0.484. The summed E-state index contributed by atoms with van der Waals surface area (Å²) >= 11 is 0. The molecule has 2 aliphatic rings. The zero-order valence-electron chi connectivity index (χ0n) is 26.0. The predicted molar refractivity (Wildman–Crippen MR) is 164 cm³/mol. The van der Waals surface area contributed by atoms with Gasteiger partial charge in [0, 0.05) is 22.7 Å². The summed E-state index contributed by atoms with van der Waals surface area (Å²) in [4.78, 5) is 9.31. The Bertz CT molecular complexity index is 1020. The molecule has 228 valence electrons. The standard InChI is InChI=1S/2C13H19N2.C5H11N3.2Pd/c2*1-10(2)14-9-15(11(3)4)13-8-6-5-7-12(13)14;1-6-4-7(2)8(3)5-6;;/h2*5-11H,1-4H3;4-5H,1-3H3;;/q2*-1;-2;2*+2. The van der Waals surface area contributed by atoms with Crippen molar-refractivity contribution in [3.8, 4) is 0 Å². The Balaban J connectivity index is 0.000000306. The van der Waals surface area contributed by atoms with Crippen LogP contribution in [0.5, 0.6) is 0 Å². The molecule has 5 rings (SSSR count). The van der Waals surface area contributed by atoms with Crippen molar-refractivity contribution in [2.45, 2.75) is 79.6 Å². The summed E-state index contributed by atoms with van der Waals surface area (Å²) in [5.41, 5.74) is 5.28. The van der Waals surface area contributed by atoms with Crippen molar-refractivity contribution in [1.82, 2.24) is 13.9 Å². The van der Waals surface area contributed by atoms with Gasteiger partial charge in [-0.2, -0.15) is 13.3 Å². The molecule has 0 radical (unpaired) electrons. The van der Waals surface area contributed by atoms with Crippen LogP contribution in [-0.2, 0) is 62.0 Å². The Hall–Kier alpha value is -1.90. The Morgan fingerprint density at radius 1 is 0.450 bits per heavy atom.